The molecule has 13 heavy (non-hydrogen) atoms. The molecule has 1 heteroatoms. The van der Waals surface area contributed by atoms with Crippen LogP contribution in [0.15, 0.2) is 0 Å². The summed E-state index contributed by atoms with van der Waals surface area (Å²) in [6.07, 6.45) is 9.00. The fraction of sp³-hybridized carbons (Fsp3) is 1.00. The number of rotatable bonds is 3. The molecule has 0 aromatic heterocycles. The Morgan fingerprint density at radius 3 is 2.62 bits per heavy atom. The second-order valence-corrected chi connectivity index (χ2v) is 5.83. The van der Waals surface area contributed by atoms with Gasteiger partial charge in [-0.15, -0.1) is 0 Å². The molecular formula is C12H21N. The van der Waals surface area contributed by atoms with Gasteiger partial charge in [-0.3, -0.25) is 4.90 Å². The van der Waals surface area contributed by atoms with Crippen LogP contribution in [0.1, 0.15) is 45.4 Å². The number of likely N-dealkylation sites (tertiary alicyclic amines) is 1. The van der Waals surface area contributed by atoms with Gasteiger partial charge in [-0.25, -0.2) is 0 Å². The molecule has 0 aromatic rings. The van der Waals surface area contributed by atoms with Gasteiger partial charge in [-0.2, -0.15) is 0 Å². The van der Waals surface area contributed by atoms with Crippen LogP contribution in [0.3, 0.4) is 0 Å². The van der Waals surface area contributed by atoms with Crippen molar-refractivity contribution in [2.45, 2.75) is 51.5 Å². The average molecular weight is 179 g/mol. The smallest absolute Gasteiger partial charge is 0.0124 e. The van der Waals surface area contributed by atoms with Crippen molar-refractivity contribution in [1.29, 1.82) is 0 Å². The predicted octanol–water partition coefficient (Wildman–Crippen LogP) is 2.66. The van der Waals surface area contributed by atoms with Crippen molar-refractivity contribution in [3.05, 3.63) is 0 Å². The Hall–Kier alpha value is -0.0400. The summed E-state index contributed by atoms with van der Waals surface area (Å²) in [5.41, 5.74) is 0.734. The van der Waals surface area contributed by atoms with Crippen LogP contribution in [-0.2, 0) is 0 Å². The Bertz CT molecular complexity index is 203. The molecule has 2 saturated carbocycles. The van der Waals surface area contributed by atoms with E-state index in [9.17, 15) is 0 Å². The summed E-state index contributed by atoms with van der Waals surface area (Å²) >= 11 is 0. The van der Waals surface area contributed by atoms with Gasteiger partial charge in [-0.05, 0) is 56.4 Å². The van der Waals surface area contributed by atoms with Gasteiger partial charge < -0.3 is 0 Å². The van der Waals surface area contributed by atoms with Crippen LogP contribution in [0.4, 0.5) is 0 Å². The summed E-state index contributed by atoms with van der Waals surface area (Å²) < 4.78 is 0. The highest BCUT2D eigenvalue weighted by molar-refractivity contribution is 4.97. The van der Waals surface area contributed by atoms with Crippen molar-refractivity contribution in [1.82, 2.24) is 4.90 Å². The zero-order valence-electron chi connectivity index (χ0n) is 8.76. The normalized spacial score (nSPS) is 38.1. The first-order valence-corrected chi connectivity index (χ1v) is 6.01. The van der Waals surface area contributed by atoms with Crippen molar-refractivity contribution in [2.75, 3.05) is 13.1 Å². The van der Waals surface area contributed by atoms with Crippen LogP contribution in [0.5, 0.6) is 0 Å². The highest BCUT2D eigenvalue weighted by atomic mass is 15.2. The minimum absolute atomic E-state index is 0.734. The van der Waals surface area contributed by atoms with Crippen LogP contribution in [0.2, 0.25) is 0 Å². The van der Waals surface area contributed by atoms with Gasteiger partial charge >= 0.3 is 0 Å². The van der Waals surface area contributed by atoms with E-state index in [2.05, 4.69) is 11.8 Å². The molecule has 2 aliphatic carbocycles. The summed E-state index contributed by atoms with van der Waals surface area (Å²) in [5.74, 6) is 1.10. The summed E-state index contributed by atoms with van der Waals surface area (Å²) in [5, 5.41) is 0. The van der Waals surface area contributed by atoms with E-state index in [1.54, 1.807) is 0 Å². The fourth-order valence-corrected chi connectivity index (χ4v) is 2.92. The van der Waals surface area contributed by atoms with Gasteiger partial charge in [0.1, 0.15) is 0 Å². The largest absolute Gasteiger partial charge is 0.300 e. The first-order valence-electron chi connectivity index (χ1n) is 6.01. The third-order valence-electron chi connectivity index (χ3n) is 4.27. The quantitative estimate of drug-likeness (QED) is 0.644. The van der Waals surface area contributed by atoms with Crippen molar-refractivity contribution >= 4 is 0 Å². The molecule has 0 N–H and O–H groups in total. The van der Waals surface area contributed by atoms with E-state index in [0.29, 0.717) is 0 Å². The highest BCUT2D eigenvalue weighted by Gasteiger charge is 2.44. The second kappa shape index (κ2) is 2.73. The van der Waals surface area contributed by atoms with Crippen LogP contribution < -0.4 is 0 Å². The Morgan fingerprint density at radius 2 is 2.00 bits per heavy atom. The lowest BCUT2D eigenvalue weighted by Crippen LogP contribution is -2.35. The lowest BCUT2D eigenvalue weighted by molar-refractivity contribution is 0.194. The molecule has 0 spiro atoms. The molecule has 0 aromatic carbocycles. The molecule has 0 radical (unpaired) electrons. The first kappa shape index (κ1) is 8.28. The second-order valence-electron chi connectivity index (χ2n) is 5.83. The molecule has 1 saturated heterocycles. The zero-order valence-corrected chi connectivity index (χ0v) is 8.76. The van der Waals surface area contributed by atoms with E-state index in [4.69, 9.17) is 0 Å². The van der Waals surface area contributed by atoms with Crippen molar-refractivity contribution in [3.8, 4) is 0 Å². The summed E-state index contributed by atoms with van der Waals surface area (Å²) in [4.78, 5) is 2.81. The SMILES string of the molecule is CC1(CN2CCCC2C2CC2)CC1. The summed E-state index contributed by atoms with van der Waals surface area (Å²) in [6.45, 7) is 5.28. The number of hydrogen-bond donors (Lipinski definition) is 0. The maximum atomic E-state index is 2.81. The predicted molar refractivity (Wildman–Crippen MR) is 54.7 cm³/mol. The maximum absolute atomic E-state index is 2.81. The van der Waals surface area contributed by atoms with E-state index >= 15 is 0 Å². The highest BCUT2D eigenvalue weighted by Crippen LogP contribution is 2.48. The van der Waals surface area contributed by atoms with Crippen LogP contribution >= 0.6 is 0 Å². The molecule has 3 fully saturated rings. The van der Waals surface area contributed by atoms with Crippen molar-refractivity contribution in [2.24, 2.45) is 11.3 Å². The molecule has 1 heterocycles. The van der Waals surface area contributed by atoms with Gasteiger partial charge in [0, 0.05) is 12.6 Å². The van der Waals surface area contributed by atoms with Gasteiger partial charge in [0.2, 0.25) is 0 Å². The third-order valence-corrected chi connectivity index (χ3v) is 4.27. The Morgan fingerprint density at radius 1 is 1.23 bits per heavy atom. The maximum Gasteiger partial charge on any atom is 0.0124 e. The minimum atomic E-state index is 0.734. The van der Waals surface area contributed by atoms with Gasteiger partial charge in [0.05, 0.1) is 0 Å². The molecule has 0 amide bonds. The zero-order chi connectivity index (χ0) is 8.89. The Labute approximate surface area is 81.5 Å². The lowest BCUT2D eigenvalue weighted by atomic mass is 10.1. The van der Waals surface area contributed by atoms with E-state index in [-0.39, 0.29) is 0 Å². The molecule has 0 bridgehead atoms. The van der Waals surface area contributed by atoms with E-state index in [0.717, 1.165) is 17.4 Å². The van der Waals surface area contributed by atoms with Gasteiger partial charge in [0.15, 0.2) is 0 Å². The molecule has 1 aliphatic heterocycles. The molecule has 1 nitrogen and oxygen atoms in total. The number of hydrogen-bond acceptors (Lipinski definition) is 1. The third kappa shape index (κ3) is 1.63. The average Bonchev–Trinajstić information content (AvgIpc) is 2.99. The van der Waals surface area contributed by atoms with Crippen molar-refractivity contribution in [3.63, 3.8) is 0 Å². The van der Waals surface area contributed by atoms with E-state index < -0.39 is 0 Å². The lowest BCUT2D eigenvalue weighted by Gasteiger charge is -2.27. The molecule has 74 valence electrons. The van der Waals surface area contributed by atoms with E-state index in [1.165, 1.54) is 51.6 Å². The molecule has 3 aliphatic rings. The minimum Gasteiger partial charge on any atom is -0.300 e. The standard InChI is InChI=1S/C12H21N/c1-12(6-7-12)9-13-8-2-3-11(13)10-4-5-10/h10-11H,2-9H2,1H3. The Kier molecular flexibility index (Phi) is 1.74. The Balaban J connectivity index is 1.61. The summed E-state index contributed by atoms with van der Waals surface area (Å²) in [6, 6.07) is 0.998. The fourth-order valence-electron chi connectivity index (χ4n) is 2.92. The van der Waals surface area contributed by atoms with E-state index in [1.807, 2.05) is 0 Å². The van der Waals surface area contributed by atoms with Gasteiger partial charge in [-0.1, -0.05) is 6.92 Å². The van der Waals surface area contributed by atoms with Gasteiger partial charge in [0.25, 0.3) is 0 Å². The molecule has 1 unspecified atom stereocenters. The topological polar surface area (TPSA) is 3.24 Å². The number of nitrogens with zero attached hydrogens (tertiary/aromatic N) is 1. The van der Waals surface area contributed by atoms with Crippen LogP contribution in [0, 0.1) is 11.3 Å². The first-order chi connectivity index (χ1) is 6.27. The monoisotopic (exact) mass is 179 g/mol. The summed E-state index contributed by atoms with van der Waals surface area (Å²) in [7, 11) is 0. The molecular weight excluding hydrogens is 158 g/mol. The van der Waals surface area contributed by atoms with Crippen LogP contribution in [-0.4, -0.2) is 24.0 Å². The van der Waals surface area contributed by atoms with Crippen molar-refractivity contribution < 1.29 is 0 Å². The molecule has 1 atom stereocenters. The molecule has 3 rings (SSSR count). The van der Waals surface area contributed by atoms with Crippen LogP contribution in [0.25, 0.3) is 0 Å².